The molecule has 7 nitrogen and oxygen atoms in total. The number of hydrogen-bond donors (Lipinski definition) is 0. The Balaban J connectivity index is 2.11. The van der Waals surface area contributed by atoms with Crippen LogP contribution in [0.1, 0.15) is 38.3 Å². The van der Waals surface area contributed by atoms with Crippen LogP contribution >= 0.6 is 0 Å². The van der Waals surface area contributed by atoms with Crippen LogP contribution in [0.4, 0.5) is 4.79 Å². The molecule has 1 saturated heterocycles. The minimum atomic E-state index is -1.16. The Morgan fingerprint density at radius 2 is 1.57 bits per heavy atom. The highest BCUT2D eigenvalue weighted by Gasteiger charge is 2.59. The third-order valence-electron chi connectivity index (χ3n) is 5.58. The minimum Gasteiger partial charge on any atom is -0.430 e. The lowest BCUT2D eigenvalue weighted by Crippen LogP contribution is -2.51. The highest BCUT2D eigenvalue weighted by molar-refractivity contribution is 5.95. The molecule has 0 aliphatic carbocycles. The summed E-state index contributed by atoms with van der Waals surface area (Å²) in [6, 6.07) is 18.2. The smallest absolute Gasteiger partial charge is 0.418 e. The summed E-state index contributed by atoms with van der Waals surface area (Å²) < 4.78 is 6.04. The van der Waals surface area contributed by atoms with Crippen LogP contribution in [0.5, 0.6) is 0 Å². The van der Waals surface area contributed by atoms with Crippen LogP contribution < -0.4 is 0 Å². The third kappa shape index (κ3) is 3.79. The maximum Gasteiger partial charge on any atom is 0.418 e. The molecule has 2 atom stereocenters. The van der Waals surface area contributed by atoms with E-state index in [4.69, 9.17) is 4.74 Å². The molecule has 3 rings (SSSR count). The lowest BCUT2D eigenvalue weighted by atomic mass is 9.75. The number of ether oxygens (including phenoxy) is 1. The molecule has 1 fully saturated rings. The van der Waals surface area contributed by atoms with E-state index in [0.717, 1.165) is 11.1 Å². The molecule has 7 heteroatoms. The molecular formula is C23H26N2O5. The Labute approximate surface area is 175 Å². The molecule has 30 heavy (non-hydrogen) atoms. The van der Waals surface area contributed by atoms with Crippen LogP contribution in [0.2, 0.25) is 0 Å². The fourth-order valence-corrected chi connectivity index (χ4v) is 4.19. The first kappa shape index (κ1) is 21.5. The summed E-state index contributed by atoms with van der Waals surface area (Å²) in [5, 5.41) is 10.7. The SMILES string of the molecule is CC(C)[C@@H]1N(C(=O)[C@H](C)CC[N+](=O)[O-])C(=O)OC1(c1ccccc1)c1ccccc1. The molecular weight excluding hydrogens is 384 g/mol. The summed E-state index contributed by atoms with van der Waals surface area (Å²) in [5.74, 6) is -1.25. The highest BCUT2D eigenvalue weighted by Crippen LogP contribution is 2.47. The Morgan fingerprint density at radius 1 is 1.07 bits per heavy atom. The van der Waals surface area contributed by atoms with Gasteiger partial charge in [-0.1, -0.05) is 81.4 Å². The quantitative estimate of drug-likeness (QED) is 0.503. The maximum atomic E-state index is 13.2. The van der Waals surface area contributed by atoms with E-state index < -0.39 is 34.5 Å². The van der Waals surface area contributed by atoms with Crippen molar-refractivity contribution in [2.75, 3.05) is 6.54 Å². The van der Waals surface area contributed by atoms with Gasteiger partial charge in [0.1, 0.15) is 0 Å². The first-order valence-electron chi connectivity index (χ1n) is 10.1. The van der Waals surface area contributed by atoms with E-state index in [2.05, 4.69) is 0 Å². The lowest BCUT2D eigenvalue weighted by molar-refractivity contribution is -0.481. The van der Waals surface area contributed by atoms with Gasteiger partial charge in [-0.2, -0.15) is 0 Å². The van der Waals surface area contributed by atoms with Crippen molar-refractivity contribution in [1.82, 2.24) is 4.90 Å². The van der Waals surface area contributed by atoms with Crippen LogP contribution in [0.3, 0.4) is 0 Å². The monoisotopic (exact) mass is 410 g/mol. The van der Waals surface area contributed by atoms with Gasteiger partial charge in [-0.25, -0.2) is 9.69 Å². The van der Waals surface area contributed by atoms with Gasteiger partial charge < -0.3 is 4.74 Å². The van der Waals surface area contributed by atoms with E-state index >= 15 is 0 Å². The summed E-state index contributed by atoms with van der Waals surface area (Å²) in [5.41, 5.74) is 0.389. The number of imide groups is 1. The number of carbonyl (C=O) groups is 2. The molecule has 0 aromatic heterocycles. The first-order valence-corrected chi connectivity index (χ1v) is 10.1. The van der Waals surface area contributed by atoms with Crippen molar-refractivity contribution >= 4 is 12.0 Å². The molecule has 0 bridgehead atoms. The van der Waals surface area contributed by atoms with Gasteiger partial charge in [0.15, 0.2) is 5.60 Å². The standard InChI is InChI=1S/C23H26N2O5/c1-16(2)20-23(18-10-6-4-7-11-18,19-12-8-5-9-13-19)30-22(27)25(20)21(26)17(3)14-15-24(28)29/h4-13,16-17,20H,14-15H2,1-3H3/t17-,20+/m1/s1. The Hall–Kier alpha value is -3.22. The number of nitrogens with zero attached hydrogens (tertiary/aromatic N) is 2. The average Bonchev–Trinajstić information content (AvgIpc) is 3.07. The number of benzene rings is 2. The molecule has 0 saturated carbocycles. The molecule has 2 aromatic carbocycles. The summed E-state index contributed by atoms with van der Waals surface area (Å²) in [4.78, 5) is 37.8. The van der Waals surface area contributed by atoms with Crippen molar-refractivity contribution in [2.45, 2.75) is 38.8 Å². The number of rotatable bonds is 7. The number of amides is 2. The lowest BCUT2D eigenvalue weighted by Gasteiger charge is -2.38. The Kier molecular flexibility index (Phi) is 6.20. The van der Waals surface area contributed by atoms with Gasteiger partial charge in [0.2, 0.25) is 12.5 Å². The predicted octanol–water partition coefficient (Wildman–Crippen LogP) is 4.24. The minimum absolute atomic E-state index is 0.0596. The summed E-state index contributed by atoms with van der Waals surface area (Å²) in [6.45, 7) is 5.16. The van der Waals surface area contributed by atoms with Crippen molar-refractivity contribution in [1.29, 1.82) is 0 Å². The molecule has 2 aromatic rings. The number of nitro groups is 1. The number of carbonyl (C=O) groups excluding carboxylic acids is 2. The molecule has 0 radical (unpaired) electrons. The molecule has 1 aliphatic rings. The molecule has 0 spiro atoms. The van der Waals surface area contributed by atoms with Gasteiger partial charge in [-0.3, -0.25) is 14.9 Å². The Bertz CT molecular complexity index is 874. The largest absolute Gasteiger partial charge is 0.430 e. The van der Waals surface area contributed by atoms with Gasteiger partial charge in [-0.05, 0) is 5.92 Å². The van der Waals surface area contributed by atoms with E-state index in [1.165, 1.54) is 4.90 Å². The zero-order chi connectivity index (χ0) is 21.9. The number of cyclic esters (lactones) is 1. The Morgan fingerprint density at radius 3 is 2.00 bits per heavy atom. The second-order valence-corrected chi connectivity index (χ2v) is 7.98. The molecule has 0 unspecified atom stereocenters. The van der Waals surface area contributed by atoms with Crippen LogP contribution in [0.25, 0.3) is 0 Å². The van der Waals surface area contributed by atoms with Crippen LogP contribution in [-0.4, -0.2) is 34.4 Å². The van der Waals surface area contributed by atoms with Crippen molar-refractivity contribution < 1.29 is 19.2 Å². The normalized spacial score (nSPS) is 18.9. The van der Waals surface area contributed by atoms with Crippen LogP contribution in [-0.2, 0) is 15.1 Å². The topological polar surface area (TPSA) is 89.8 Å². The maximum absolute atomic E-state index is 13.2. The van der Waals surface area contributed by atoms with E-state index in [1.54, 1.807) is 6.92 Å². The van der Waals surface area contributed by atoms with Gasteiger partial charge in [0.05, 0.1) is 6.04 Å². The van der Waals surface area contributed by atoms with Crippen molar-refractivity contribution in [3.8, 4) is 0 Å². The molecule has 2 amide bonds. The highest BCUT2D eigenvalue weighted by atomic mass is 16.6. The van der Waals surface area contributed by atoms with E-state index in [9.17, 15) is 19.7 Å². The van der Waals surface area contributed by atoms with Gasteiger partial charge in [-0.15, -0.1) is 0 Å². The summed E-state index contributed by atoms with van der Waals surface area (Å²) in [7, 11) is 0. The average molecular weight is 410 g/mol. The molecule has 158 valence electrons. The van der Waals surface area contributed by atoms with Gasteiger partial charge in [0.25, 0.3) is 0 Å². The van der Waals surface area contributed by atoms with Crippen LogP contribution in [0.15, 0.2) is 60.7 Å². The molecule has 0 N–H and O–H groups in total. The van der Waals surface area contributed by atoms with Crippen molar-refractivity contribution in [3.63, 3.8) is 0 Å². The number of hydrogen-bond acceptors (Lipinski definition) is 5. The third-order valence-corrected chi connectivity index (χ3v) is 5.58. The van der Waals surface area contributed by atoms with E-state index in [0.29, 0.717) is 0 Å². The van der Waals surface area contributed by atoms with Crippen molar-refractivity contribution in [3.05, 3.63) is 81.9 Å². The van der Waals surface area contributed by atoms with Crippen molar-refractivity contribution in [2.24, 2.45) is 11.8 Å². The van der Waals surface area contributed by atoms with Gasteiger partial charge in [0, 0.05) is 28.4 Å². The second kappa shape index (κ2) is 8.65. The summed E-state index contributed by atoms with van der Waals surface area (Å²) >= 11 is 0. The fourth-order valence-electron chi connectivity index (χ4n) is 4.19. The molecule has 1 heterocycles. The zero-order valence-electron chi connectivity index (χ0n) is 17.4. The summed E-state index contributed by atoms with van der Waals surface area (Å²) in [6.07, 6.45) is -0.663. The van der Waals surface area contributed by atoms with Crippen LogP contribution in [0, 0.1) is 22.0 Å². The second-order valence-electron chi connectivity index (χ2n) is 7.98. The first-order chi connectivity index (χ1) is 14.3. The fraction of sp³-hybridized carbons (Fsp3) is 0.391. The van der Waals surface area contributed by atoms with Gasteiger partial charge >= 0.3 is 6.09 Å². The van der Waals surface area contributed by atoms with E-state index in [-0.39, 0.29) is 18.9 Å². The molecule has 1 aliphatic heterocycles. The zero-order valence-corrected chi connectivity index (χ0v) is 17.4. The predicted molar refractivity (Wildman–Crippen MR) is 111 cm³/mol. The van der Waals surface area contributed by atoms with E-state index in [1.807, 2.05) is 74.5 Å².